The third kappa shape index (κ3) is 2.00. The van der Waals surface area contributed by atoms with Crippen molar-refractivity contribution in [1.29, 1.82) is 0 Å². The number of pyridine rings is 1. The number of nitrogens with zero attached hydrogens (tertiary/aromatic N) is 2. The van der Waals surface area contributed by atoms with E-state index in [1.807, 2.05) is 0 Å². The first-order valence-corrected chi connectivity index (χ1v) is 4.32. The largest absolute Gasteiger partial charge is 1.00 e. The summed E-state index contributed by atoms with van der Waals surface area (Å²) in [5, 5.41) is 10.5. The van der Waals surface area contributed by atoms with Crippen molar-refractivity contribution in [1.82, 2.24) is 9.38 Å². The Morgan fingerprint density at radius 1 is 1.43 bits per heavy atom. The molecule has 6 heteroatoms. The molecule has 0 spiro atoms. The second-order valence-corrected chi connectivity index (χ2v) is 3.44. The maximum absolute atomic E-state index is 10.5. The second-order valence-electron chi connectivity index (χ2n) is 2.53. The van der Waals surface area contributed by atoms with Crippen LogP contribution < -0.4 is 24.0 Å². The van der Waals surface area contributed by atoms with Crippen LogP contribution in [0.5, 0.6) is 0 Å². The Morgan fingerprint density at radius 3 is 2.79 bits per heavy atom. The number of hydrogen-bond acceptors (Lipinski definition) is 3. The van der Waals surface area contributed by atoms with E-state index in [0.717, 1.165) is 4.47 Å². The van der Waals surface area contributed by atoms with Crippen LogP contribution in [-0.4, -0.2) is 15.4 Å². The average Bonchev–Trinajstić information content (AvgIpc) is 2.46. The summed E-state index contributed by atoms with van der Waals surface area (Å²) in [5.74, 6) is -1.26. The molecule has 2 aromatic rings. The molecule has 2 aromatic heterocycles. The molecule has 4 nitrogen and oxygen atoms in total. The van der Waals surface area contributed by atoms with Crippen molar-refractivity contribution >= 4 is 27.5 Å². The number of carboxylic acids is 1. The van der Waals surface area contributed by atoms with E-state index in [-0.39, 0.29) is 24.6 Å². The molecule has 0 radical (unpaired) electrons. The average molecular weight is 247 g/mol. The molecular formula is C8H4BrLiN2O2. The molecule has 0 atom stereocenters. The number of aromatic carboxylic acids is 1. The molecule has 14 heavy (non-hydrogen) atoms. The first-order valence-electron chi connectivity index (χ1n) is 3.52. The van der Waals surface area contributed by atoms with Crippen LogP contribution in [0.15, 0.2) is 29.0 Å². The fourth-order valence-corrected chi connectivity index (χ4v) is 1.42. The second kappa shape index (κ2) is 4.18. The van der Waals surface area contributed by atoms with Crippen LogP contribution in [0.1, 0.15) is 10.5 Å². The van der Waals surface area contributed by atoms with Gasteiger partial charge in [-0.25, -0.2) is 4.98 Å². The van der Waals surface area contributed by atoms with Crippen LogP contribution in [0.4, 0.5) is 0 Å². The minimum absolute atomic E-state index is 0. The van der Waals surface area contributed by atoms with Crippen molar-refractivity contribution in [2.45, 2.75) is 0 Å². The van der Waals surface area contributed by atoms with Crippen molar-refractivity contribution in [2.24, 2.45) is 0 Å². The van der Waals surface area contributed by atoms with E-state index < -0.39 is 5.97 Å². The Hall–Kier alpha value is -0.763. The minimum Gasteiger partial charge on any atom is -0.543 e. The molecule has 0 aliphatic rings. The van der Waals surface area contributed by atoms with Crippen molar-refractivity contribution in [3.63, 3.8) is 0 Å². The van der Waals surface area contributed by atoms with Gasteiger partial charge in [-0.05, 0) is 28.1 Å². The Kier molecular flexibility index (Phi) is 3.37. The van der Waals surface area contributed by atoms with E-state index in [1.54, 1.807) is 22.7 Å². The van der Waals surface area contributed by atoms with Gasteiger partial charge in [0.25, 0.3) is 0 Å². The summed E-state index contributed by atoms with van der Waals surface area (Å²) in [6.07, 6.45) is 3.14. The van der Waals surface area contributed by atoms with Crippen molar-refractivity contribution in [2.75, 3.05) is 0 Å². The molecule has 0 amide bonds. The van der Waals surface area contributed by atoms with Gasteiger partial charge in [0.05, 0.1) is 5.97 Å². The third-order valence-electron chi connectivity index (χ3n) is 1.62. The molecule has 0 aliphatic heterocycles. The Morgan fingerprint density at radius 2 is 2.14 bits per heavy atom. The van der Waals surface area contributed by atoms with E-state index in [4.69, 9.17) is 0 Å². The minimum atomic E-state index is -1.26. The van der Waals surface area contributed by atoms with Gasteiger partial charge in [-0.15, -0.1) is 0 Å². The maximum Gasteiger partial charge on any atom is 1.00 e. The number of carbonyl (C=O) groups is 1. The van der Waals surface area contributed by atoms with Gasteiger partial charge in [0.1, 0.15) is 11.3 Å². The predicted molar refractivity (Wildman–Crippen MR) is 47.2 cm³/mol. The zero-order chi connectivity index (χ0) is 9.42. The Labute approximate surface area is 100 Å². The van der Waals surface area contributed by atoms with Crippen LogP contribution in [0, 0.1) is 0 Å². The summed E-state index contributed by atoms with van der Waals surface area (Å²) in [6, 6.07) is 3.51. The Balaban J connectivity index is 0.000000980. The van der Waals surface area contributed by atoms with Crippen LogP contribution in [0.3, 0.4) is 0 Å². The molecule has 0 aliphatic carbocycles. The summed E-state index contributed by atoms with van der Waals surface area (Å²) >= 11 is 3.27. The van der Waals surface area contributed by atoms with Gasteiger partial charge in [0.15, 0.2) is 0 Å². The van der Waals surface area contributed by atoms with E-state index in [2.05, 4.69) is 20.9 Å². The molecule has 0 unspecified atom stereocenters. The van der Waals surface area contributed by atoms with Crippen LogP contribution in [0.2, 0.25) is 0 Å². The van der Waals surface area contributed by atoms with Crippen molar-refractivity contribution < 1.29 is 28.8 Å². The smallest absolute Gasteiger partial charge is 0.543 e. The zero-order valence-corrected chi connectivity index (χ0v) is 8.98. The number of halogens is 1. The molecule has 0 aromatic carbocycles. The quantitative estimate of drug-likeness (QED) is 0.522. The van der Waals surface area contributed by atoms with Gasteiger partial charge in [-0.2, -0.15) is 0 Å². The van der Waals surface area contributed by atoms with E-state index in [1.165, 1.54) is 6.20 Å². The fraction of sp³-hybridized carbons (Fsp3) is 0. The Bertz CT molecular complexity index is 483. The molecule has 2 rings (SSSR count). The molecule has 66 valence electrons. The number of carbonyl (C=O) groups excluding carboxylic acids is 1. The molecule has 0 bridgehead atoms. The molecule has 0 saturated heterocycles. The fourth-order valence-electron chi connectivity index (χ4n) is 1.06. The van der Waals surface area contributed by atoms with Gasteiger partial charge >= 0.3 is 18.9 Å². The molecule has 0 N–H and O–H groups in total. The van der Waals surface area contributed by atoms with Gasteiger partial charge in [0, 0.05) is 16.9 Å². The molecular weight excluding hydrogens is 243 g/mol. The summed E-state index contributed by atoms with van der Waals surface area (Å²) in [7, 11) is 0. The van der Waals surface area contributed by atoms with Crippen LogP contribution in [0.25, 0.3) is 5.65 Å². The SMILES string of the molecule is O=C([O-])c1cn2cc(Br)ccc2n1.[Li+]. The van der Waals surface area contributed by atoms with Gasteiger partial charge in [-0.1, -0.05) is 0 Å². The first kappa shape index (κ1) is 11.3. The van der Waals surface area contributed by atoms with Gasteiger partial charge < -0.3 is 14.3 Å². The number of imidazole rings is 1. The molecule has 0 fully saturated rings. The topological polar surface area (TPSA) is 57.4 Å². The number of carboxylic acid groups (broad SMARTS) is 1. The van der Waals surface area contributed by atoms with Gasteiger partial charge in [0.2, 0.25) is 0 Å². The summed E-state index contributed by atoms with van der Waals surface area (Å²) in [6.45, 7) is 0. The molecule has 0 saturated carbocycles. The number of rotatable bonds is 1. The zero-order valence-electron chi connectivity index (χ0n) is 7.40. The predicted octanol–water partition coefficient (Wildman–Crippen LogP) is -2.54. The maximum atomic E-state index is 10.5. The van der Waals surface area contributed by atoms with E-state index >= 15 is 0 Å². The summed E-state index contributed by atoms with van der Waals surface area (Å²) in [4.78, 5) is 14.3. The monoisotopic (exact) mass is 246 g/mol. The number of fused-ring (bicyclic) bond motifs is 1. The molecule has 2 heterocycles. The van der Waals surface area contributed by atoms with E-state index in [0.29, 0.717) is 5.65 Å². The van der Waals surface area contributed by atoms with Gasteiger partial charge in [-0.3, -0.25) is 0 Å². The normalized spacial score (nSPS) is 9.79. The van der Waals surface area contributed by atoms with Crippen LogP contribution in [-0.2, 0) is 0 Å². The van der Waals surface area contributed by atoms with Crippen LogP contribution >= 0.6 is 15.9 Å². The number of hydrogen-bond donors (Lipinski definition) is 0. The first-order chi connectivity index (χ1) is 6.16. The van der Waals surface area contributed by atoms with Crippen molar-refractivity contribution in [3.05, 3.63) is 34.7 Å². The number of aromatic nitrogens is 2. The van der Waals surface area contributed by atoms with E-state index in [9.17, 15) is 9.90 Å². The summed E-state index contributed by atoms with van der Waals surface area (Å²) in [5.41, 5.74) is 0.528. The third-order valence-corrected chi connectivity index (χ3v) is 2.09. The van der Waals surface area contributed by atoms with Crippen molar-refractivity contribution in [3.8, 4) is 0 Å². The standard InChI is InChI=1S/C8H5BrN2O2.Li/c9-5-1-2-7-10-6(8(12)13)4-11(7)3-5;/h1-4H,(H,12,13);/q;+1/p-1. The summed E-state index contributed by atoms with van der Waals surface area (Å²) < 4.78 is 2.48.